The van der Waals surface area contributed by atoms with Crippen LogP contribution in [0.25, 0.3) is 0 Å². The smallest absolute Gasteiger partial charge is 0.194 e. The first-order valence-electron chi connectivity index (χ1n) is 9.98. The number of hydrogen-bond donors (Lipinski definition) is 1. The number of aryl methyl sites for hydroxylation is 2. The summed E-state index contributed by atoms with van der Waals surface area (Å²) in [4.78, 5) is 6.96. The normalized spacial score (nSPS) is 11.0. The summed E-state index contributed by atoms with van der Waals surface area (Å²) in [6.45, 7) is 7.16. The van der Waals surface area contributed by atoms with E-state index in [2.05, 4.69) is 66.3 Å². The number of methoxy groups -OCH3 is 1. The van der Waals surface area contributed by atoms with Crippen LogP contribution in [0.4, 0.5) is 0 Å². The summed E-state index contributed by atoms with van der Waals surface area (Å²) in [6.07, 6.45) is 4.00. The molecule has 0 aliphatic rings. The lowest BCUT2D eigenvalue weighted by Crippen LogP contribution is -2.38. The molecule has 0 amide bonds. The molecule has 1 aromatic carbocycles. The molecule has 0 bridgehead atoms. The maximum atomic E-state index is 5.66. The number of aliphatic imine (C=N–C) groups is 1. The van der Waals surface area contributed by atoms with E-state index in [1.54, 1.807) is 7.11 Å². The fourth-order valence-electron chi connectivity index (χ4n) is 3.06. The molecule has 0 saturated heterocycles. The molecule has 1 heterocycles. The summed E-state index contributed by atoms with van der Waals surface area (Å²) >= 11 is 0. The second-order valence-electron chi connectivity index (χ2n) is 6.72. The van der Waals surface area contributed by atoms with Crippen LogP contribution < -0.4 is 14.8 Å². The summed E-state index contributed by atoms with van der Waals surface area (Å²) in [5, 5.41) is 3.38. The van der Waals surface area contributed by atoms with Crippen molar-refractivity contribution in [1.82, 2.24) is 14.8 Å². The van der Waals surface area contributed by atoms with Gasteiger partial charge in [-0.25, -0.2) is 0 Å². The van der Waals surface area contributed by atoms with Crippen LogP contribution in [0.15, 0.2) is 41.5 Å². The summed E-state index contributed by atoms with van der Waals surface area (Å²) in [5.74, 6) is 2.52. The van der Waals surface area contributed by atoms with Crippen LogP contribution in [0.5, 0.6) is 11.5 Å². The SMILES string of the molecule is CCNC(=NCCCc1ccc(OC)c(OCC)c1)N(C)Cc1cccn1C.I. The van der Waals surface area contributed by atoms with Gasteiger partial charge in [0.15, 0.2) is 17.5 Å². The second kappa shape index (κ2) is 13.3. The minimum atomic E-state index is 0. The number of guanidine groups is 1. The van der Waals surface area contributed by atoms with Crippen LogP contribution in [0.2, 0.25) is 0 Å². The Balaban J connectivity index is 0.00000420. The van der Waals surface area contributed by atoms with Gasteiger partial charge in [-0.2, -0.15) is 0 Å². The zero-order chi connectivity index (χ0) is 20.4. The highest BCUT2D eigenvalue weighted by molar-refractivity contribution is 14.0. The van der Waals surface area contributed by atoms with Gasteiger partial charge in [0.1, 0.15) is 0 Å². The van der Waals surface area contributed by atoms with Crippen molar-refractivity contribution in [2.45, 2.75) is 33.2 Å². The third-order valence-corrected chi connectivity index (χ3v) is 4.56. The Morgan fingerprint density at radius 3 is 2.62 bits per heavy atom. The van der Waals surface area contributed by atoms with E-state index in [1.165, 1.54) is 11.3 Å². The Kier molecular flexibility index (Phi) is 11.6. The predicted octanol–water partition coefficient (Wildman–Crippen LogP) is 4.08. The van der Waals surface area contributed by atoms with Gasteiger partial charge in [0.2, 0.25) is 0 Å². The molecule has 6 nitrogen and oxygen atoms in total. The summed E-state index contributed by atoms with van der Waals surface area (Å²) in [6, 6.07) is 10.3. The van der Waals surface area contributed by atoms with Gasteiger partial charge in [-0.3, -0.25) is 4.99 Å². The number of nitrogens with zero attached hydrogens (tertiary/aromatic N) is 3. The maximum Gasteiger partial charge on any atom is 0.194 e. The molecule has 7 heteroatoms. The van der Waals surface area contributed by atoms with Crippen molar-refractivity contribution in [2.75, 3.05) is 33.9 Å². The van der Waals surface area contributed by atoms with E-state index in [0.717, 1.165) is 49.9 Å². The minimum absolute atomic E-state index is 0. The van der Waals surface area contributed by atoms with Crippen LogP contribution in [-0.2, 0) is 20.0 Å². The molecular weight excluding hydrogens is 479 g/mol. The van der Waals surface area contributed by atoms with Crippen molar-refractivity contribution in [3.05, 3.63) is 47.8 Å². The predicted molar refractivity (Wildman–Crippen MR) is 131 cm³/mol. The zero-order valence-corrected chi connectivity index (χ0v) is 20.6. The molecule has 0 saturated carbocycles. The molecule has 2 rings (SSSR count). The van der Waals surface area contributed by atoms with Crippen LogP contribution in [0.3, 0.4) is 0 Å². The van der Waals surface area contributed by atoms with E-state index in [1.807, 2.05) is 13.0 Å². The topological polar surface area (TPSA) is 51.0 Å². The lowest BCUT2D eigenvalue weighted by molar-refractivity contribution is 0.310. The molecule has 0 fully saturated rings. The third-order valence-electron chi connectivity index (χ3n) is 4.56. The molecule has 0 radical (unpaired) electrons. The molecule has 0 spiro atoms. The van der Waals surface area contributed by atoms with Gasteiger partial charge >= 0.3 is 0 Å². The third kappa shape index (κ3) is 7.79. The van der Waals surface area contributed by atoms with Gasteiger partial charge in [-0.15, -0.1) is 24.0 Å². The number of rotatable bonds is 10. The number of benzene rings is 1. The van der Waals surface area contributed by atoms with E-state index < -0.39 is 0 Å². The molecule has 162 valence electrons. The van der Waals surface area contributed by atoms with E-state index in [9.17, 15) is 0 Å². The van der Waals surface area contributed by atoms with Crippen molar-refractivity contribution >= 4 is 29.9 Å². The first kappa shape index (κ1) is 25.1. The fraction of sp³-hybridized carbons (Fsp3) is 0.500. The van der Waals surface area contributed by atoms with Crippen LogP contribution in [0, 0.1) is 0 Å². The van der Waals surface area contributed by atoms with Gasteiger partial charge in [-0.05, 0) is 56.5 Å². The van der Waals surface area contributed by atoms with Crippen molar-refractivity contribution in [2.24, 2.45) is 12.0 Å². The monoisotopic (exact) mass is 514 g/mol. The Bertz CT molecular complexity index is 761. The Hall–Kier alpha value is -1.90. The molecule has 0 aliphatic heterocycles. The molecule has 29 heavy (non-hydrogen) atoms. The van der Waals surface area contributed by atoms with Gasteiger partial charge in [0.05, 0.1) is 20.3 Å². The zero-order valence-electron chi connectivity index (χ0n) is 18.3. The molecular formula is C22H35IN4O2. The Morgan fingerprint density at radius 1 is 1.21 bits per heavy atom. The number of nitrogens with one attached hydrogen (secondary N) is 1. The van der Waals surface area contributed by atoms with Crippen LogP contribution >= 0.6 is 24.0 Å². The average molecular weight is 514 g/mol. The summed E-state index contributed by atoms with van der Waals surface area (Å²) in [5.41, 5.74) is 2.50. The number of halogens is 1. The Labute approximate surface area is 192 Å². The summed E-state index contributed by atoms with van der Waals surface area (Å²) in [7, 11) is 5.81. The molecule has 0 aliphatic carbocycles. The van der Waals surface area contributed by atoms with Crippen molar-refractivity contribution in [3.8, 4) is 11.5 Å². The van der Waals surface area contributed by atoms with Crippen LogP contribution in [0.1, 0.15) is 31.5 Å². The highest BCUT2D eigenvalue weighted by Gasteiger charge is 2.09. The van der Waals surface area contributed by atoms with Crippen molar-refractivity contribution in [3.63, 3.8) is 0 Å². The number of aromatic nitrogens is 1. The first-order chi connectivity index (χ1) is 13.6. The highest BCUT2D eigenvalue weighted by atomic mass is 127. The van der Waals surface area contributed by atoms with Gasteiger partial charge in [-0.1, -0.05) is 6.07 Å². The molecule has 0 unspecified atom stereocenters. The Morgan fingerprint density at radius 2 is 2.00 bits per heavy atom. The summed E-state index contributed by atoms with van der Waals surface area (Å²) < 4.78 is 13.2. The molecule has 2 aromatic rings. The number of ether oxygens (including phenoxy) is 2. The van der Waals surface area contributed by atoms with Gasteiger partial charge < -0.3 is 24.3 Å². The van der Waals surface area contributed by atoms with Crippen LogP contribution in [-0.4, -0.2) is 49.3 Å². The standard InChI is InChI=1S/C22H34N4O2.HI/c1-6-23-22(26(4)17-19-11-9-15-25(19)3)24-14-8-10-18-12-13-20(27-5)21(16-18)28-7-2;/h9,11-13,15-16H,6-8,10,14,17H2,1-5H3,(H,23,24);1H. The number of hydrogen-bond acceptors (Lipinski definition) is 3. The van der Waals surface area contributed by atoms with E-state index >= 15 is 0 Å². The average Bonchev–Trinajstić information content (AvgIpc) is 3.09. The fourth-order valence-corrected chi connectivity index (χ4v) is 3.06. The largest absolute Gasteiger partial charge is 0.493 e. The van der Waals surface area contributed by atoms with Gasteiger partial charge in [0.25, 0.3) is 0 Å². The second-order valence-corrected chi connectivity index (χ2v) is 6.72. The molecule has 1 N–H and O–H groups in total. The highest BCUT2D eigenvalue weighted by Crippen LogP contribution is 2.28. The van der Waals surface area contributed by atoms with Crippen molar-refractivity contribution in [1.29, 1.82) is 0 Å². The van der Waals surface area contributed by atoms with E-state index in [0.29, 0.717) is 6.61 Å². The first-order valence-corrected chi connectivity index (χ1v) is 9.98. The quantitative estimate of drug-likeness (QED) is 0.225. The molecule has 1 aromatic heterocycles. The van der Waals surface area contributed by atoms with Crippen molar-refractivity contribution < 1.29 is 9.47 Å². The van der Waals surface area contributed by atoms with Gasteiger partial charge in [0, 0.05) is 39.1 Å². The lowest BCUT2D eigenvalue weighted by atomic mass is 10.1. The lowest BCUT2D eigenvalue weighted by Gasteiger charge is -2.22. The van der Waals surface area contributed by atoms with E-state index in [-0.39, 0.29) is 24.0 Å². The molecule has 0 atom stereocenters. The maximum absolute atomic E-state index is 5.66. The van der Waals surface area contributed by atoms with E-state index in [4.69, 9.17) is 14.5 Å². The minimum Gasteiger partial charge on any atom is -0.493 e.